The second-order valence-corrected chi connectivity index (χ2v) is 6.62. The Balaban J connectivity index is 1.84. The van der Waals surface area contributed by atoms with Crippen LogP contribution in [-0.4, -0.2) is 20.7 Å². The number of nitrogens with zero attached hydrogens (tertiary/aromatic N) is 3. The topological polar surface area (TPSA) is 75.9 Å². The highest BCUT2D eigenvalue weighted by Gasteiger charge is 2.12. The first kappa shape index (κ1) is 14.0. The monoisotopic (exact) mass is 281 g/mol. The van der Waals surface area contributed by atoms with Crippen LogP contribution in [0.3, 0.4) is 0 Å². The smallest absolute Gasteiger partial charge is 0.315 e. The summed E-state index contributed by atoms with van der Waals surface area (Å²) in [7, 11) is 0. The van der Waals surface area contributed by atoms with E-state index in [0.29, 0.717) is 25.0 Å². The first-order valence-corrected chi connectivity index (χ1v) is 6.96. The van der Waals surface area contributed by atoms with E-state index in [0.717, 1.165) is 9.88 Å². The second-order valence-electron chi connectivity index (χ2n) is 5.30. The van der Waals surface area contributed by atoms with E-state index in [1.165, 1.54) is 0 Å². The standard InChI is InChI=1S/C12H19N5OS/c1-8-13-5-9(19-8)6-14-11-17-16-10(18-11)7-15-12(2,3)4/h5,15H,6-7H2,1-4H3,(H,14,17). The molecule has 0 aliphatic rings. The molecule has 0 radical (unpaired) electrons. The molecule has 2 aromatic rings. The van der Waals surface area contributed by atoms with Crippen LogP contribution in [0.5, 0.6) is 0 Å². The van der Waals surface area contributed by atoms with Crippen molar-refractivity contribution in [1.82, 2.24) is 20.5 Å². The van der Waals surface area contributed by atoms with Crippen molar-refractivity contribution in [2.45, 2.75) is 46.3 Å². The van der Waals surface area contributed by atoms with E-state index < -0.39 is 0 Å². The molecule has 0 aromatic carbocycles. The third kappa shape index (κ3) is 4.60. The van der Waals surface area contributed by atoms with Gasteiger partial charge in [0, 0.05) is 16.6 Å². The van der Waals surface area contributed by atoms with Crippen LogP contribution in [0.15, 0.2) is 10.6 Å². The van der Waals surface area contributed by atoms with Gasteiger partial charge in [0.05, 0.1) is 18.1 Å². The Hall–Kier alpha value is -1.47. The fourth-order valence-corrected chi connectivity index (χ4v) is 2.12. The molecule has 0 saturated heterocycles. The number of aryl methyl sites for hydroxylation is 1. The summed E-state index contributed by atoms with van der Waals surface area (Å²) < 4.78 is 5.50. The number of nitrogens with one attached hydrogen (secondary N) is 2. The lowest BCUT2D eigenvalue weighted by molar-refractivity contribution is 0.383. The fraction of sp³-hybridized carbons (Fsp3) is 0.583. The van der Waals surface area contributed by atoms with Crippen molar-refractivity contribution in [3.63, 3.8) is 0 Å². The van der Waals surface area contributed by atoms with Gasteiger partial charge in [-0.05, 0) is 27.7 Å². The van der Waals surface area contributed by atoms with E-state index in [-0.39, 0.29) is 5.54 Å². The van der Waals surface area contributed by atoms with Gasteiger partial charge >= 0.3 is 6.01 Å². The predicted molar refractivity (Wildman–Crippen MR) is 75.1 cm³/mol. The molecule has 7 heteroatoms. The zero-order valence-corrected chi connectivity index (χ0v) is 12.5. The van der Waals surface area contributed by atoms with Gasteiger partial charge in [-0.15, -0.1) is 16.4 Å². The Labute approximate surface area is 116 Å². The highest BCUT2D eigenvalue weighted by Crippen LogP contribution is 2.14. The van der Waals surface area contributed by atoms with Crippen molar-refractivity contribution < 1.29 is 4.42 Å². The van der Waals surface area contributed by atoms with Crippen molar-refractivity contribution in [3.05, 3.63) is 22.0 Å². The molecule has 0 bridgehead atoms. The summed E-state index contributed by atoms with van der Waals surface area (Å²) in [4.78, 5) is 5.34. The summed E-state index contributed by atoms with van der Waals surface area (Å²) in [5.74, 6) is 0.581. The molecule has 2 aromatic heterocycles. The highest BCUT2D eigenvalue weighted by molar-refractivity contribution is 7.11. The number of anilines is 1. The predicted octanol–water partition coefficient (Wildman–Crippen LogP) is 2.33. The summed E-state index contributed by atoms with van der Waals surface area (Å²) in [6.07, 6.45) is 1.85. The van der Waals surface area contributed by atoms with Gasteiger partial charge in [-0.25, -0.2) is 4.98 Å². The molecule has 2 rings (SSSR count). The summed E-state index contributed by atoms with van der Waals surface area (Å²) >= 11 is 1.65. The zero-order valence-electron chi connectivity index (χ0n) is 11.6. The molecule has 0 fully saturated rings. The van der Waals surface area contributed by atoms with Crippen molar-refractivity contribution >= 4 is 17.4 Å². The molecule has 0 aliphatic heterocycles. The van der Waals surface area contributed by atoms with E-state index in [1.807, 2.05) is 13.1 Å². The Bertz CT molecular complexity index is 528. The van der Waals surface area contributed by atoms with Gasteiger partial charge in [-0.2, -0.15) is 0 Å². The molecule has 19 heavy (non-hydrogen) atoms. The Morgan fingerprint density at radius 3 is 2.68 bits per heavy atom. The van der Waals surface area contributed by atoms with Crippen molar-refractivity contribution in [1.29, 1.82) is 0 Å². The first-order chi connectivity index (χ1) is 8.92. The zero-order chi connectivity index (χ0) is 13.9. The van der Waals surface area contributed by atoms with Crippen LogP contribution >= 0.6 is 11.3 Å². The molecular formula is C12H19N5OS. The molecule has 2 heterocycles. The number of aromatic nitrogens is 3. The second kappa shape index (κ2) is 5.66. The average Bonchev–Trinajstić information content (AvgIpc) is 2.92. The maximum atomic E-state index is 5.50. The minimum Gasteiger partial charge on any atom is -0.407 e. The Kier molecular flexibility index (Phi) is 4.16. The van der Waals surface area contributed by atoms with Crippen molar-refractivity contribution in [2.75, 3.05) is 5.32 Å². The number of hydrogen-bond acceptors (Lipinski definition) is 7. The highest BCUT2D eigenvalue weighted by atomic mass is 32.1. The van der Waals surface area contributed by atoms with Crippen LogP contribution in [0.1, 0.15) is 36.5 Å². The van der Waals surface area contributed by atoms with Crippen LogP contribution in [0, 0.1) is 6.92 Å². The number of thiazole rings is 1. The minimum absolute atomic E-state index is 0.0300. The fourth-order valence-electron chi connectivity index (χ4n) is 1.39. The van der Waals surface area contributed by atoms with Gasteiger partial charge in [0.25, 0.3) is 0 Å². The summed E-state index contributed by atoms with van der Waals surface area (Å²) in [5.41, 5.74) is 0.0300. The van der Waals surface area contributed by atoms with E-state index >= 15 is 0 Å². The molecule has 0 amide bonds. The molecule has 0 aliphatic carbocycles. The lowest BCUT2D eigenvalue weighted by Gasteiger charge is -2.18. The van der Waals surface area contributed by atoms with Crippen LogP contribution < -0.4 is 10.6 Å². The maximum Gasteiger partial charge on any atom is 0.315 e. The third-order valence-corrected chi connectivity index (χ3v) is 3.23. The Morgan fingerprint density at radius 1 is 1.26 bits per heavy atom. The summed E-state index contributed by atoms with van der Waals surface area (Å²) in [6, 6.07) is 0.441. The van der Waals surface area contributed by atoms with Crippen molar-refractivity contribution in [3.8, 4) is 0 Å². The number of hydrogen-bond donors (Lipinski definition) is 2. The summed E-state index contributed by atoms with van der Waals surface area (Å²) in [6.45, 7) is 9.48. The van der Waals surface area contributed by atoms with Gasteiger partial charge < -0.3 is 15.1 Å². The van der Waals surface area contributed by atoms with E-state index in [9.17, 15) is 0 Å². The van der Waals surface area contributed by atoms with E-state index in [1.54, 1.807) is 11.3 Å². The molecule has 2 N–H and O–H groups in total. The van der Waals surface area contributed by atoms with Crippen LogP contribution in [0.4, 0.5) is 6.01 Å². The molecule has 0 unspecified atom stereocenters. The maximum absolute atomic E-state index is 5.50. The normalized spacial score (nSPS) is 11.8. The minimum atomic E-state index is 0.0300. The van der Waals surface area contributed by atoms with Gasteiger partial charge in [-0.3, -0.25) is 0 Å². The van der Waals surface area contributed by atoms with Gasteiger partial charge in [0.2, 0.25) is 5.89 Å². The Morgan fingerprint density at radius 2 is 2.05 bits per heavy atom. The van der Waals surface area contributed by atoms with Crippen LogP contribution in [-0.2, 0) is 13.1 Å². The third-order valence-electron chi connectivity index (χ3n) is 2.32. The largest absolute Gasteiger partial charge is 0.407 e. The van der Waals surface area contributed by atoms with Gasteiger partial charge in [0.15, 0.2) is 0 Å². The summed E-state index contributed by atoms with van der Waals surface area (Å²) in [5, 5.41) is 15.4. The van der Waals surface area contributed by atoms with Crippen molar-refractivity contribution in [2.24, 2.45) is 0 Å². The SMILES string of the molecule is Cc1ncc(CNc2nnc(CNC(C)(C)C)o2)s1. The quantitative estimate of drug-likeness (QED) is 0.876. The lowest BCUT2D eigenvalue weighted by atomic mass is 10.1. The van der Waals surface area contributed by atoms with Crippen LogP contribution in [0.25, 0.3) is 0 Å². The van der Waals surface area contributed by atoms with E-state index in [2.05, 4.69) is 46.6 Å². The van der Waals surface area contributed by atoms with Gasteiger partial charge in [-0.1, -0.05) is 5.10 Å². The molecule has 6 nitrogen and oxygen atoms in total. The van der Waals surface area contributed by atoms with Crippen LogP contribution in [0.2, 0.25) is 0 Å². The average molecular weight is 281 g/mol. The molecule has 0 atom stereocenters. The molecule has 0 saturated carbocycles. The molecule has 104 valence electrons. The first-order valence-electron chi connectivity index (χ1n) is 6.15. The molecular weight excluding hydrogens is 262 g/mol. The molecule has 0 spiro atoms. The lowest BCUT2D eigenvalue weighted by Crippen LogP contribution is -2.35. The van der Waals surface area contributed by atoms with Gasteiger partial charge in [0.1, 0.15) is 0 Å². The van der Waals surface area contributed by atoms with E-state index in [4.69, 9.17) is 4.42 Å². The number of rotatable bonds is 5.